The predicted molar refractivity (Wildman–Crippen MR) is 128 cm³/mol. The van der Waals surface area contributed by atoms with Crippen molar-refractivity contribution in [2.75, 3.05) is 46.4 Å². The number of aromatic nitrogens is 2. The Morgan fingerprint density at radius 3 is 2.39 bits per heavy atom. The monoisotopic (exact) mass is 552 g/mol. The van der Waals surface area contributed by atoms with Gasteiger partial charge in [0.1, 0.15) is 36.0 Å². The normalized spacial score (nSPS) is 11.6. The van der Waals surface area contributed by atoms with Gasteiger partial charge in [-0.05, 0) is 25.2 Å². The number of hydrogen-bond acceptors (Lipinski definition) is 9. The van der Waals surface area contributed by atoms with E-state index in [0.29, 0.717) is 22.4 Å². The maximum atomic E-state index is 12.8. The molecule has 0 unspecified atom stereocenters. The number of methoxy groups -OCH3 is 2. The van der Waals surface area contributed by atoms with Crippen molar-refractivity contribution in [1.82, 2.24) is 14.7 Å². The Hall–Kier alpha value is -3.07. The van der Waals surface area contributed by atoms with E-state index in [9.17, 15) is 21.6 Å². The van der Waals surface area contributed by atoms with Crippen molar-refractivity contribution in [3.63, 3.8) is 0 Å². The molecule has 1 aromatic heterocycles. The second kappa shape index (κ2) is 12.3. The van der Waals surface area contributed by atoms with Crippen LogP contribution < -0.4 is 24.2 Å². The molecule has 2 aromatic carbocycles. The van der Waals surface area contributed by atoms with Gasteiger partial charge in [0, 0.05) is 19.2 Å². The van der Waals surface area contributed by atoms with Crippen molar-refractivity contribution in [2.45, 2.75) is 11.1 Å². The first kappa shape index (κ1) is 29.2. The molecule has 0 saturated heterocycles. The third-order valence-corrected chi connectivity index (χ3v) is 6.04. The van der Waals surface area contributed by atoms with Crippen molar-refractivity contribution in [3.05, 3.63) is 36.7 Å². The number of nitrogens with one attached hydrogen (secondary N) is 2. The van der Waals surface area contributed by atoms with Crippen LogP contribution in [0.15, 0.2) is 41.6 Å². The number of sulfonamides is 1. The molecule has 0 aliphatic heterocycles. The first-order valence-electron chi connectivity index (χ1n) is 10.1. The van der Waals surface area contributed by atoms with Crippen molar-refractivity contribution in [3.8, 4) is 17.2 Å². The summed E-state index contributed by atoms with van der Waals surface area (Å²) < 4.78 is 86.1. The number of nitrogens with zero attached hydrogens (tertiary/aromatic N) is 2. The zero-order valence-electron chi connectivity index (χ0n) is 19.4. The van der Waals surface area contributed by atoms with Gasteiger partial charge in [0.2, 0.25) is 10.0 Å². The Kier molecular flexibility index (Phi) is 9.93. The number of halogens is 4. The average Bonchev–Trinajstić information content (AvgIpc) is 2.82. The lowest BCUT2D eigenvalue weighted by Gasteiger charge is -2.17. The zero-order chi connectivity index (χ0) is 25.6. The number of alkyl halides is 3. The highest BCUT2D eigenvalue weighted by Gasteiger charge is 2.29. The summed E-state index contributed by atoms with van der Waals surface area (Å²) in [6.07, 6.45) is -3.37. The molecule has 0 fully saturated rings. The third-order valence-electron chi connectivity index (χ3n) is 4.63. The number of ether oxygens (including phenoxy) is 4. The highest BCUT2D eigenvalue weighted by atomic mass is 35.5. The van der Waals surface area contributed by atoms with Crippen LogP contribution in [0.5, 0.6) is 17.2 Å². The van der Waals surface area contributed by atoms with Gasteiger partial charge in [0.25, 0.3) is 0 Å². The van der Waals surface area contributed by atoms with E-state index in [1.165, 1.54) is 27.6 Å². The van der Waals surface area contributed by atoms with Crippen LogP contribution in [-0.4, -0.2) is 65.6 Å². The van der Waals surface area contributed by atoms with E-state index in [1.54, 1.807) is 12.1 Å². The van der Waals surface area contributed by atoms with Crippen molar-refractivity contribution in [1.29, 1.82) is 0 Å². The number of benzene rings is 2. The Morgan fingerprint density at radius 1 is 1.00 bits per heavy atom. The van der Waals surface area contributed by atoms with Crippen LogP contribution in [0, 0.1) is 0 Å². The minimum absolute atomic E-state index is 0. The Bertz CT molecular complexity index is 1290. The van der Waals surface area contributed by atoms with Gasteiger partial charge < -0.3 is 24.3 Å². The van der Waals surface area contributed by atoms with Gasteiger partial charge >= 0.3 is 6.18 Å². The minimum Gasteiger partial charge on any atom is -0.497 e. The third kappa shape index (κ3) is 7.22. The summed E-state index contributed by atoms with van der Waals surface area (Å²) >= 11 is 0. The minimum atomic E-state index is -4.60. The molecule has 3 aromatic rings. The molecular formula is C21H24ClF3N4O6S. The molecular weight excluding hydrogens is 529 g/mol. The largest absolute Gasteiger partial charge is 0.497 e. The van der Waals surface area contributed by atoms with Gasteiger partial charge in [0.15, 0.2) is 6.61 Å². The zero-order valence-corrected chi connectivity index (χ0v) is 21.0. The van der Waals surface area contributed by atoms with E-state index in [-0.39, 0.29) is 47.8 Å². The van der Waals surface area contributed by atoms with Gasteiger partial charge in [-0.3, -0.25) is 0 Å². The van der Waals surface area contributed by atoms with E-state index in [0.717, 1.165) is 18.2 Å². The van der Waals surface area contributed by atoms with Gasteiger partial charge in [-0.1, -0.05) is 0 Å². The summed E-state index contributed by atoms with van der Waals surface area (Å²) in [7, 11) is 0.293. The predicted octanol–water partition coefficient (Wildman–Crippen LogP) is 3.68. The molecule has 0 aliphatic rings. The van der Waals surface area contributed by atoms with E-state index in [4.69, 9.17) is 18.9 Å². The molecule has 0 spiro atoms. The Labute approximate surface area is 211 Å². The van der Waals surface area contributed by atoms with Crippen molar-refractivity contribution >= 4 is 44.8 Å². The van der Waals surface area contributed by atoms with Gasteiger partial charge in [0.05, 0.1) is 35.2 Å². The molecule has 36 heavy (non-hydrogen) atoms. The maximum absolute atomic E-state index is 12.8. The van der Waals surface area contributed by atoms with Crippen LogP contribution in [0.1, 0.15) is 0 Å². The Morgan fingerprint density at radius 2 is 1.75 bits per heavy atom. The first-order chi connectivity index (χ1) is 16.6. The molecule has 0 radical (unpaired) electrons. The molecule has 1 heterocycles. The van der Waals surface area contributed by atoms with Gasteiger partial charge in [-0.2, -0.15) is 13.2 Å². The van der Waals surface area contributed by atoms with Crippen LogP contribution in [0.25, 0.3) is 10.9 Å². The lowest BCUT2D eigenvalue weighted by Crippen LogP contribution is -2.20. The standard InChI is InChI=1S/C21H23F3N4O6S.ClH/c1-25-35(29,30)14-4-5-17(34-11-21(22,23)24)15(10-14)28-20-19-16(26-12-27-20)8-13(32-3)9-18(19)33-7-6-31-2;/h4-5,8-10,12,25H,6-7,11H2,1-3H3,(H,26,27,28);1H. The second-order valence-electron chi connectivity index (χ2n) is 6.98. The maximum Gasteiger partial charge on any atom is 0.422 e. The van der Waals surface area contributed by atoms with Crippen LogP contribution in [-0.2, 0) is 14.8 Å². The molecule has 3 rings (SSSR count). The lowest BCUT2D eigenvalue weighted by molar-refractivity contribution is -0.153. The highest BCUT2D eigenvalue weighted by molar-refractivity contribution is 7.89. The summed E-state index contributed by atoms with van der Waals surface area (Å²) in [5.74, 6) is 0.669. The second-order valence-corrected chi connectivity index (χ2v) is 8.86. The smallest absolute Gasteiger partial charge is 0.422 e. The number of fused-ring (bicyclic) bond motifs is 1. The van der Waals surface area contributed by atoms with Crippen molar-refractivity contribution in [2.24, 2.45) is 0 Å². The van der Waals surface area contributed by atoms with Crippen LogP contribution in [0.4, 0.5) is 24.7 Å². The molecule has 0 aliphatic carbocycles. The molecule has 0 atom stereocenters. The van der Waals surface area contributed by atoms with Crippen LogP contribution >= 0.6 is 12.4 Å². The molecule has 0 saturated carbocycles. The number of hydrogen-bond donors (Lipinski definition) is 2. The first-order valence-corrected chi connectivity index (χ1v) is 11.5. The van der Waals surface area contributed by atoms with Crippen LogP contribution in [0.3, 0.4) is 0 Å². The fraction of sp³-hybridized carbons (Fsp3) is 0.333. The van der Waals surface area contributed by atoms with E-state index in [2.05, 4.69) is 20.0 Å². The van der Waals surface area contributed by atoms with E-state index >= 15 is 0 Å². The van der Waals surface area contributed by atoms with E-state index in [1.807, 2.05) is 0 Å². The van der Waals surface area contributed by atoms with E-state index < -0.39 is 22.8 Å². The topological polar surface area (TPSA) is 121 Å². The average molecular weight is 553 g/mol. The number of rotatable bonds is 11. The molecule has 15 heteroatoms. The highest BCUT2D eigenvalue weighted by Crippen LogP contribution is 2.38. The summed E-state index contributed by atoms with van der Waals surface area (Å²) in [4.78, 5) is 8.21. The molecule has 0 amide bonds. The van der Waals surface area contributed by atoms with Gasteiger partial charge in [-0.15, -0.1) is 12.4 Å². The Balaban J connectivity index is 0.00000456. The molecule has 10 nitrogen and oxygen atoms in total. The quantitative estimate of drug-likeness (QED) is 0.343. The number of anilines is 2. The van der Waals surface area contributed by atoms with Crippen molar-refractivity contribution < 1.29 is 40.5 Å². The molecule has 198 valence electrons. The lowest BCUT2D eigenvalue weighted by atomic mass is 10.2. The SMILES string of the molecule is CNS(=O)(=O)c1ccc(OCC(F)(F)F)c(Nc2ncnc3cc(OC)cc(OCCOC)c23)c1.Cl. The van der Waals surface area contributed by atoms with Gasteiger partial charge in [-0.25, -0.2) is 23.1 Å². The summed E-state index contributed by atoms with van der Waals surface area (Å²) in [6.45, 7) is -1.11. The summed E-state index contributed by atoms with van der Waals surface area (Å²) in [6, 6.07) is 6.61. The fourth-order valence-electron chi connectivity index (χ4n) is 3.00. The summed E-state index contributed by atoms with van der Waals surface area (Å²) in [5, 5.41) is 3.25. The molecule has 0 bridgehead atoms. The fourth-order valence-corrected chi connectivity index (χ4v) is 3.75. The summed E-state index contributed by atoms with van der Waals surface area (Å²) in [5.41, 5.74) is 0.343. The van der Waals surface area contributed by atoms with Crippen LogP contribution in [0.2, 0.25) is 0 Å². The molecule has 2 N–H and O–H groups in total.